The molecule has 0 saturated heterocycles. The fourth-order valence-corrected chi connectivity index (χ4v) is 2.67. The van der Waals surface area contributed by atoms with Gasteiger partial charge in [-0.15, -0.1) is 10.2 Å². The molecule has 0 aliphatic heterocycles. The number of hydrogen-bond acceptors (Lipinski definition) is 4. The Labute approximate surface area is 112 Å². The average molecular weight is 261 g/mol. The quantitative estimate of drug-likeness (QED) is 0.812. The van der Waals surface area contributed by atoms with Gasteiger partial charge < -0.3 is 5.32 Å². The first kappa shape index (κ1) is 13.2. The molecule has 3 nitrogen and oxygen atoms in total. The molecular formula is C14H19N3S. The van der Waals surface area contributed by atoms with E-state index in [1.807, 2.05) is 0 Å². The first-order valence-electron chi connectivity index (χ1n) is 6.39. The molecular weight excluding hydrogens is 242 g/mol. The molecule has 0 unspecified atom stereocenters. The zero-order valence-electron chi connectivity index (χ0n) is 10.9. The smallest absolute Gasteiger partial charge is 0.147 e. The fraction of sp³-hybridized carbons (Fsp3) is 0.429. The Morgan fingerprint density at radius 2 is 2.17 bits per heavy atom. The monoisotopic (exact) mass is 261 g/mol. The molecule has 2 aromatic rings. The highest BCUT2D eigenvalue weighted by Crippen LogP contribution is 2.24. The fourth-order valence-electron chi connectivity index (χ4n) is 1.79. The molecule has 96 valence electrons. The van der Waals surface area contributed by atoms with Gasteiger partial charge in [0, 0.05) is 12.0 Å². The Hall–Kier alpha value is -1.26. The number of benzene rings is 1. The van der Waals surface area contributed by atoms with Crippen molar-refractivity contribution in [1.82, 2.24) is 15.5 Å². The molecule has 1 heterocycles. The summed E-state index contributed by atoms with van der Waals surface area (Å²) in [6.07, 6.45) is 2.13. The third-order valence-electron chi connectivity index (χ3n) is 2.73. The van der Waals surface area contributed by atoms with Crippen LogP contribution in [0.25, 0.3) is 10.6 Å². The summed E-state index contributed by atoms with van der Waals surface area (Å²) in [7, 11) is 0. The van der Waals surface area contributed by atoms with E-state index in [4.69, 9.17) is 0 Å². The van der Waals surface area contributed by atoms with Crippen molar-refractivity contribution in [2.75, 3.05) is 13.1 Å². The molecule has 18 heavy (non-hydrogen) atoms. The third-order valence-corrected chi connectivity index (χ3v) is 3.76. The van der Waals surface area contributed by atoms with E-state index in [2.05, 4.69) is 53.6 Å². The van der Waals surface area contributed by atoms with E-state index in [9.17, 15) is 0 Å². The lowest BCUT2D eigenvalue weighted by atomic mass is 10.1. The second-order valence-corrected chi connectivity index (χ2v) is 5.39. The first-order chi connectivity index (χ1) is 8.79. The summed E-state index contributed by atoms with van der Waals surface area (Å²) in [5, 5.41) is 14.0. The maximum atomic E-state index is 4.27. The molecule has 0 fully saturated rings. The van der Waals surface area contributed by atoms with Gasteiger partial charge in [0.2, 0.25) is 0 Å². The molecule has 0 amide bonds. The Bertz CT molecular complexity index is 493. The lowest BCUT2D eigenvalue weighted by molar-refractivity contribution is 0.669. The Morgan fingerprint density at radius 3 is 2.94 bits per heavy atom. The summed E-state index contributed by atoms with van der Waals surface area (Å²) in [6.45, 7) is 6.31. The van der Waals surface area contributed by atoms with E-state index in [1.165, 1.54) is 11.1 Å². The van der Waals surface area contributed by atoms with Crippen molar-refractivity contribution in [1.29, 1.82) is 0 Å². The highest BCUT2D eigenvalue weighted by molar-refractivity contribution is 7.14. The van der Waals surface area contributed by atoms with Crippen molar-refractivity contribution < 1.29 is 0 Å². The summed E-state index contributed by atoms with van der Waals surface area (Å²) in [5.74, 6) is 0. The summed E-state index contributed by atoms with van der Waals surface area (Å²) >= 11 is 1.70. The average Bonchev–Trinajstić information content (AvgIpc) is 2.83. The van der Waals surface area contributed by atoms with E-state index in [-0.39, 0.29) is 0 Å². The Morgan fingerprint density at radius 1 is 1.28 bits per heavy atom. The zero-order chi connectivity index (χ0) is 12.8. The van der Waals surface area contributed by atoms with Crippen LogP contribution in [0.15, 0.2) is 24.3 Å². The van der Waals surface area contributed by atoms with Crippen LogP contribution in [0.2, 0.25) is 0 Å². The number of rotatable bonds is 6. The molecule has 1 aromatic heterocycles. The second kappa shape index (κ2) is 6.61. The molecule has 0 aliphatic carbocycles. The molecule has 0 atom stereocenters. The second-order valence-electron chi connectivity index (χ2n) is 4.33. The van der Waals surface area contributed by atoms with Gasteiger partial charge in [0.15, 0.2) is 0 Å². The standard InChI is InChI=1S/C14H19N3S/c1-3-15-9-5-8-13-16-17-14(18-13)12-7-4-6-11(2)10-12/h4,6-7,10,15H,3,5,8-9H2,1-2H3. The minimum atomic E-state index is 1.01. The minimum Gasteiger partial charge on any atom is -0.317 e. The highest BCUT2D eigenvalue weighted by Gasteiger charge is 2.06. The van der Waals surface area contributed by atoms with Crippen molar-refractivity contribution in [2.24, 2.45) is 0 Å². The van der Waals surface area contributed by atoms with Crippen LogP contribution in [0, 0.1) is 6.92 Å². The van der Waals surface area contributed by atoms with Crippen LogP contribution in [-0.2, 0) is 6.42 Å². The van der Waals surface area contributed by atoms with Crippen molar-refractivity contribution in [3.63, 3.8) is 0 Å². The summed E-state index contributed by atoms with van der Waals surface area (Å²) in [6, 6.07) is 8.41. The van der Waals surface area contributed by atoms with Crippen molar-refractivity contribution in [3.8, 4) is 10.6 Å². The normalized spacial score (nSPS) is 10.8. The van der Waals surface area contributed by atoms with Gasteiger partial charge in [0.25, 0.3) is 0 Å². The largest absolute Gasteiger partial charge is 0.317 e. The maximum Gasteiger partial charge on any atom is 0.147 e. The molecule has 0 radical (unpaired) electrons. The lowest BCUT2D eigenvalue weighted by Crippen LogP contribution is -2.14. The zero-order valence-corrected chi connectivity index (χ0v) is 11.8. The number of aromatic nitrogens is 2. The van der Waals surface area contributed by atoms with Gasteiger partial charge in [-0.3, -0.25) is 0 Å². The number of nitrogens with zero attached hydrogens (tertiary/aromatic N) is 2. The number of aryl methyl sites for hydroxylation is 2. The summed E-state index contributed by atoms with van der Waals surface area (Å²) in [4.78, 5) is 0. The highest BCUT2D eigenvalue weighted by atomic mass is 32.1. The van der Waals surface area contributed by atoms with E-state index in [0.717, 1.165) is 35.9 Å². The minimum absolute atomic E-state index is 1.01. The Kier molecular flexibility index (Phi) is 4.84. The van der Waals surface area contributed by atoms with E-state index >= 15 is 0 Å². The van der Waals surface area contributed by atoms with E-state index in [1.54, 1.807) is 11.3 Å². The molecule has 0 saturated carbocycles. The van der Waals surface area contributed by atoms with Gasteiger partial charge >= 0.3 is 0 Å². The molecule has 1 N–H and O–H groups in total. The van der Waals surface area contributed by atoms with E-state index < -0.39 is 0 Å². The van der Waals surface area contributed by atoms with Crippen molar-refractivity contribution >= 4 is 11.3 Å². The van der Waals surface area contributed by atoms with E-state index in [0.29, 0.717) is 0 Å². The van der Waals surface area contributed by atoms with Gasteiger partial charge in [0.05, 0.1) is 0 Å². The van der Waals surface area contributed by atoms with Gasteiger partial charge in [-0.05, 0) is 32.5 Å². The topological polar surface area (TPSA) is 37.8 Å². The van der Waals surface area contributed by atoms with Crippen LogP contribution >= 0.6 is 11.3 Å². The van der Waals surface area contributed by atoms with Gasteiger partial charge in [0.1, 0.15) is 10.0 Å². The van der Waals surface area contributed by atoms with Crippen LogP contribution in [0.4, 0.5) is 0 Å². The predicted molar refractivity (Wildman–Crippen MR) is 76.9 cm³/mol. The van der Waals surface area contributed by atoms with Gasteiger partial charge in [-0.1, -0.05) is 42.0 Å². The molecule has 1 aromatic carbocycles. The molecule has 0 bridgehead atoms. The molecule has 0 aliphatic rings. The van der Waals surface area contributed by atoms with Crippen LogP contribution in [0.5, 0.6) is 0 Å². The Balaban J connectivity index is 1.97. The van der Waals surface area contributed by atoms with Crippen LogP contribution in [-0.4, -0.2) is 23.3 Å². The maximum absolute atomic E-state index is 4.27. The third kappa shape index (κ3) is 3.62. The lowest BCUT2D eigenvalue weighted by Gasteiger charge is -1.98. The SMILES string of the molecule is CCNCCCc1nnc(-c2cccc(C)c2)s1. The summed E-state index contributed by atoms with van der Waals surface area (Å²) in [5.41, 5.74) is 2.43. The van der Waals surface area contributed by atoms with Crippen LogP contribution in [0.1, 0.15) is 23.9 Å². The number of nitrogens with one attached hydrogen (secondary N) is 1. The molecule has 4 heteroatoms. The number of hydrogen-bond donors (Lipinski definition) is 1. The van der Waals surface area contributed by atoms with Crippen LogP contribution in [0.3, 0.4) is 0 Å². The molecule has 2 rings (SSSR count). The van der Waals surface area contributed by atoms with Crippen molar-refractivity contribution in [2.45, 2.75) is 26.7 Å². The predicted octanol–water partition coefficient (Wildman–Crippen LogP) is 3.06. The van der Waals surface area contributed by atoms with Crippen LogP contribution < -0.4 is 5.32 Å². The summed E-state index contributed by atoms with van der Waals surface area (Å²) < 4.78 is 0. The first-order valence-corrected chi connectivity index (χ1v) is 7.21. The van der Waals surface area contributed by atoms with Gasteiger partial charge in [-0.2, -0.15) is 0 Å². The molecule has 0 spiro atoms. The van der Waals surface area contributed by atoms with Gasteiger partial charge in [-0.25, -0.2) is 0 Å². The van der Waals surface area contributed by atoms with Crippen molar-refractivity contribution in [3.05, 3.63) is 34.8 Å².